The highest BCUT2D eigenvalue weighted by molar-refractivity contribution is 5.75. The third-order valence-electron chi connectivity index (χ3n) is 3.07. The van der Waals surface area contributed by atoms with Gasteiger partial charge in [0.1, 0.15) is 12.2 Å². The zero-order valence-electron chi connectivity index (χ0n) is 10.2. The van der Waals surface area contributed by atoms with E-state index in [2.05, 4.69) is 4.84 Å². The Bertz CT molecular complexity index is 611. The second kappa shape index (κ2) is 5.64. The van der Waals surface area contributed by atoms with E-state index < -0.39 is 42.4 Å². The average Bonchev–Trinajstić information content (AvgIpc) is 2.75. The summed E-state index contributed by atoms with van der Waals surface area (Å²) in [5, 5.41) is 26.0. The van der Waals surface area contributed by atoms with E-state index in [-0.39, 0.29) is 5.56 Å². The molecule has 1 unspecified atom stereocenters. The molecular formula is C10H14N4O6. The largest absolute Gasteiger partial charge is 0.394 e. The smallest absolute Gasteiger partial charge is 0.330 e. The van der Waals surface area contributed by atoms with Crippen molar-refractivity contribution in [2.75, 3.05) is 6.61 Å². The molecule has 110 valence electrons. The summed E-state index contributed by atoms with van der Waals surface area (Å²) in [4.78, 5) is 29.7. The Hall–Kier alpha value is -1.85. The minimum atomic E-state index is -1.24. The van der Waals surface area contributed by atoms with E-state index in [1.54, 1.807) is 0 Å². The lowest BCUT2D eigenvalue weighted by Gasteiger charge is -2.19. The van der Waals surface area contributed by atoms with Crippen LogP contribution in [0.25, 0.3) is 0 Å². The zero-order chi connectivity index (χ0) is 14.9. The van der Waals surface area contributed by atoms with Crippen molar-refractivity contribution >= 4 is 6.21 Å². The van der Waals surface area contributed by atoms with Crippen LogP contribution in [0.2, 0.25) is 0 Å². The Morgan fingerprint density at radius 2 is 2.30 bits per heavy atom. The number of H-pyrrole nitrogens is 1. The number of nitrogens with zero attached hydrogens (tertiary/aromatic N) is 1. The fourth-order valence-electron chi connectivity index (χ4n) is 2.03. The summed E-state index contributed by atoms with van der Waals surface area (Å²) >= 11 is 0. The van der Waals surface area contributed by atoms with Crippen LogP contribution in [-0.2, 0) is 9.57 Å². The molecule has 4 atom stereocenters. The van der Waals surface area contributed by atoms with Crippen LogP contribution in [0.4, 0.5) is 0 Å². The molecule has 0 saturated carbocycles. The SMILES string of the molecule is N=Cc1cn([C@@H]2O[C@H](CO)C(O)[C@@H]2ON)c(=O)[nH]c1=O. The molecule has 1 aliphatic rings. The van der Waals surface area contributed by atoms with Crippen LogP contribution in [0.5, 0.6) is 0 Å². The molecule has 0 bridgehead atoms. The number of aliphatic hydroxyl groups is 2. The molecule has 2 rings (SSSR count). The third-order valence-corrected chi connectivity index (χ3v) is 3.07. The van der Waals surface area contributed by atoms with Gasteiger partial charge in [-0.1, -0.05) is 0 Å². The number of ether oxygens (including phenoxy) is 1. The van der Waals surface area contributed by atoms with Crippen LogP contribution in [0.1, 0.15) is 11.8 Å². The van der Waals surface area contributed by atoms with Crippen molar-refractivity contribution in [3.05, 3.63) is 32.6 Å². The molecule has 0 aliphatic carbocycles. The molecule has 20 heavy (non-hydrogen) atoms. The van der Waals surface area contributed by atoms with Crippen LogP contribution >= 0.6 is 0 Å². The maximum absolute atomic E-state index is 11.8. The van der Waals surface area contributed by atoms with Gasteiger partial charge >= 0.3 is 5.69 Å². The standard InChI is InChI=1S/C10H14N4O6/c11-1-4-2-14(10(18)13-8(4)17)9-7(20-12)6(16)5(3-15)19-9/h1-2,5-7,9,11,15-16H,3,12H2,(H,13,17,18)/t5-,6?,7+,9-/m1/s1. The van der Waals surface area contributed by atoms with E-state index >= 15 is 0 Å². The highest BCUT2D eigenvalue weighted by atomic mass is 16.7. The summed E-state index contributed by atoms with van der Waals surface area (Å²) in [5.41, 5.74) is -1.60. The van der Waals surface area contributed by atoms with E-state index in [0.717, 1.165) is 17.0 Å². The molecule has 1 aromatic rings. The van der Waals surface area contributed by atoms with Crippen molar-refractivity contribution in [2.45, 2.75) is 24.5 Å². The fraction of sp³-hybridized carbons (Fsp3) is 0.500. The van der Waals surface area contributed by atoms with Crippen molar-refractivity contribution in [3.8, 4) is 0 Å². The predicted molar refractivity (Wildman–Crippen MR) is 65.3 cm³/mol. The molecular weight excluding hydrogens is 272 g/mol. The van der Waals surface area contributed by atoms with Crippen molar-refractivity contribution in [2.24, 2.45) is 5.90 Å². The van der Waals surface area contributed by atoms with Gasteiger partial charge in [0.15, 0.2) is 12.3 Å². The molecule has 0 amide bonds. The summed E-state index contributed by atoms with van der Waals surface area (Å²) in [6, 6.07) is 0. The number of aromatic amines is 1. The fourth-order valence-corrected chi connectivity index (χ4v) is 2.03. The van der Waals surface area contributed by atoms with Crippen LogP contribution in [0, 0.1) is 5.41 Å². The average molecular weight is 286 g/mol. The molecule has 1 aromatic heterocycles. The molecule has 10 heteroatoms. The first kappa shape index (κ1) is 14.6. The summed E-state index contributed by atoms with van der Waals surface area (Å²) < 4.78 is 6.24. The Balaban J connectivity index is 2.48. The lowest BCUT2D eigenvalue weighted by molar-refractivity contribution is -0.0756. The van der Waals surface area contributed by atoms with Crippen molar-refractivity contribution in [1.82, 2.24) is 9.55 Å². The summed E-state index contributed by atoms with van der Waals surface area (Å²) in [5.74, 6) is 5.07. The first-order valence-corrected chi connectivity index (χ1v) is 5.69. The van der Waals surface area contributed by atoms with Gasteiger partial charge in [-0.2, -0.15) is 0 Å². The van der Waals surface area contributed by atoms with Crippen LogP contribution in [0.3, 0.4) is 0 Å². The number of rotatable bonds is 4. The zero-order valence-corrected chi connectivity index (χ0v) is 10.2. The van der Waals surface area contributed by atoms with E-state index in [1.807, 2.05) is 4.98 Å². The van der Waals surface area contributed by atoms with Gasteiger partial charge in [-0.05, 0) is 0 Å². The van der Waals surface area contributed by atoms with E-state index in [1.165, 1.54) is 0 Å². The van der Waals surface area contributed by atoms with Crippen molar-refractivity contribution in [3.63, 3.8) is 0 Å². The molecule has 1 saturated heterocycles. The lowest BCUT2D eigenvalue weighted by Crippen LogP contribution is -2.41. The Kier molecular flexibility index (Phi) is 4.11. The number of aromatic nitrogens is 2. The quantitative estimate of drug-likeness (QED) is 0.291. The Morgan fingerprint density at radius 1 is 1.60 bits per heavy atom. The van der Waals surface area contributed by atoms with Crippen LogP contribution in [-0.4, -0.2) is 50.9 Å². The van der Waals surface area contributed by atoms with Crippen molar-refractivity contribution in [1.29, 1.82) is 5.41 Å². The van der Waals surface area contributed by atoms with E-state index in [4.69, 9.17) is 21.1 Å². The highest BCUT2D eigenvalue weighted by Crippen LogP contribution is 2.29. The maximum atomic E-state index is 11.8. The summed E-state index contributed by atoms with van der Waals surface area (Å²) in [7, 11) is 0. The molecule has 0 spiro atoms. The Labute approximate surface area is 111 Å². The first-order valence-electron chi connectivity index (χ1n) is 5.69. The molecule has 6 N–H and O–H groups in total. The minimum Gasteiger partial charge on any atom is -0.394 e. The van der Waals surface area contributed by atoms with Gasteiger partial charge in [-0.15, -0.1) is 0 Å². The molecule has 0 radical (unpaired) electrons. The van der Waals surface area contributed by atoms with E-state index in [0.29, 0.717) is 0 Å². The normalized spacial score (nSPS) is 29.6. The van der Waals surface area contributed by atoms with Gasteiger partial charge in [-0.3, -0.25) is 19.2 Å². The van der Waals surface area contributed by atoms with Gasteiger partial charge in [0, 0.05) is 12.4 Å². The van der Waals surface area contributed by atoms with Gasteiger partial charge in [-0.25, -0.2) is 10.7 Å². The second-order valence-corrected chi connectivity index (χ2v) is 4.23. The van der Waals surface area contributed by atoms with Gasteiger partial charge in [0.25, 0.3) is 5.56 Å². The topological polar surface area (TPSA) is 164 Å². The molecule has 1 fully saturated rings. The van der Waals surface area contributed by atoms with E-state index in [9.17, 15) is 14.7 Å². The van der Waals surface area contributed by atoms with Gasteiger partial charge in [0.2, 0.25) is 0 Å². The molecule has 1 aliphatic heterocycles. The molecule has 10 nitrogen and oxygen atoms in total. The first-order chi connectivity index (χ1) is 9.53. The lowest BCUT2D eigenvalue weighted by atomic mass is 10.1. The monoisotopic (exact) mass is 286 g/mol. The minimum absolute atomic E-state index is 0.0779. The summed E-state index contributed by atoms with van der Waals surface area (Å²) in [6.07, 6.45) is -2.59. The Morgan fingerprint density at radius 3 is 2.85 bits per heavy atom. The number of hydrogen-bond acceptors (Lipinski definition) is 8. The third kappa shape index (κ3) is 2.30. The molecule has 0 aromatic carbocycles. The number of hydrogen-bond donors (Lipinski definition) is 5. The summed E-state index contributed by atoms with van der Waals surface area (Å²) in [6.45, 7) is -0.493. The maximum Gasteiger partial charge on any atom is 0.330 e. The number of aliphatic hydroxyl groups excluding tert-OH is 2. The highest BCUT2D eigenvalue weighted by Gasteiger charge is 2.45. The second-order valence-electron chi connectivity index (χ2n) is 4.23. The predicted octanol–water partition coefficient (Wildman–Crippen LogP) is -2.96. The van der Waals surface area contributed by atoms with Crippen LogP contribution < -0.4 is 17.1 Å². The van der Waals surface area contributed by atoms with Gasteiger partial charge < -0.3 is 20.4 Å². The van der Waals surface area contributed by atoms with Crippen molar-refractivity contribution < 1.29 is 19.8 Å². The van der Waals surface area contributed by atoms with Crippen LogP contribution in [0.15, 0.2) is 15.8 Å². The molecule has 2 heterocycles. The van der Waals surface area contributed by atoms with Gasteiger partial charge in [0.05, 0.1) is 12.2 Å². The number of nitrogens with two attached hydrogens (primary N) is 1. The number of nitrogens with one attached hydrogen (secondary N) is 2.